The van der Waals surface area contributed by atoms with Gasteiger partial charge in [-0.05, 0) is 61.2 Å². The van der Waals surface area contributed by atoms with E-state index >= 15 is 0 Å². The maximum atomic E-state index is 12.6. The number of nitrogens with one attached hydrogen (secondary N) is 1. The molecule has 1 N–H and O–H groups in total. The van der Waals surface area contributed by atoms with Gasteiger partial charge in [-0.25, -0.2) is 4.79 Å². The van der Waals surface area contributed by atoms with Gasteiger partial charge in [0.05, 0.1) is 36.5 Å². The number of aliphatic carboxylic acids is 1. The van der Waals surface area contributed by atoms with Crippen molar-refractivity contribution < 1.29 is 23.8 Å². The summed E-state index contributed by atoms with van der Waals surface area (Å²) in [6.07, 6.45) is -0.324. The summed E-state index contributed by atoms with van der Waals surface area (Å²) in [5.41, 5.74) is 1.91. The van der Waals surface area contributed by atoms with Crippen LogP contribution in [-0.2, 0) is 22.4 Å². The van der Waals surface area contributed by atoms with Crippen LogP contribution in [0, 0.1) is 13.8 Å². The molecule has 0 radical (unpaired) electrons. The molecular weight excluding hydrogens is 422 g/mol. The van der Waals surface area contributed by atoms with Crippen molar-refractivity contribution in [1.29, 1.82) is 0 Å². The van der Waals surface area contributed by atoms with Crippen LogP contribution in [0.2, 0.25) is 5.02 Å². The molecule has 0 aliphatic heterocycles. The minimum atomic E-state index is -1.43. The monoisotopic (exact) mass is 442 g/mol. The Kier molecular flexibility index (Phi) is 6.65. The molecule has 0 saturated heterocycles. The fraction of sp³-hybridized carbons (Fsp3) is 0.261. The zero-order valence-corrected chi connectivity index (χ0v) is 18.0. The van der Waals surface area contributed by atoms with E-state index in [9.17, 15) is 19.5 Å². The number of benzene rings is 2. The highest BCUT2D eigenvalue weighted by Crippen LogP contribution is 2.30. The summed E-state index contributed by atoms with van der Waals surface area (Å²) in [6, 6.07) is 8.85. The number of fused-ring (bicyclic) bond motifs is 1. The third-order valence-electron chi connectivity index (χ3n) is 5.02. The van der Waals surface area contributed by atoms with Crippen LogP contribution in [-0.4, -0.2) is 25.0 Å². The van der Waals surface area contributed by atoms with Gasteiger partial charge >= 0.3 is 5.63 Å². The summed E-state index contributed by atoms with van der Waals surface area (Å²) in [5, 5.41) is 15.1. The van der Waals surface area contributed by atoms with Crippen LogP contribution in [0.5, 0.6) is 5.75 Å². The van der Waals surface area contributed by atoms with E-state index in [4.69, 9.17) is 20.8 Å². The molecular formula is C23H21ClNO6-. The van der Waals surface area contributed by atoms with Gasteiger partial charge in [-0.2, -0.15) is 0 Å². The van der Waals surface area contributed by atoms with Gasteiger partial charge in [-0.3, -0.25) is 4.79 Å². The lowest BCUT2D eigenvalue weighted by Crippen LogP contribution is -2.49. The molecule has 1 aromatic heterocycles. The molecule has 7 nitrogen and oxygen atoms in total. The number of carboxylic acids is 1. The molecule has 3 rings (SSSR count). The van der Waals surface area contributed by atoms with Gasteiger partial charge in [0, 0.05) is 5.02 Å². The number of rotatable bonds is 7. The number of hydrogen-bond acceptors (Lipinski definition) is 6. The first-order valence-corrected chi connectivity index (χ1v) is 9.93. The smallest absolute Gasteiger partial charge is 0.340 e. The molecule has 0 aliphatic carbocycles. The molecule has 3 aromatic rings. The Morgan fingerprint density at radius 1 is 1.19 bits per heavy atom. The standard InChI is InChI=1S/C23H22ClNO6/c1-12-8-18(30-3)21-13(2)16(23(29)31-19(21)9-12)11-20(26)25-17(22(27)28)10-14-4-6-15(24)7-5-14/h4-9,17H,10-11H2,1-3H3,(H,25,26)(H,27,28)/p-1/t17-/m0/s1. The third kappa shape index (κ3) is 5.06. The zero-order valence-electron chi connectivity index (χ0n) is 17.3. The second-order valence-corrected chi connectivity index (χ2v) is 7.72. The van der Waals surface area contributed by atoms with Crippen LogP contribution in [0.15, 0.2) is 45.6 Å². The quantitative estimate of drug-likeness (QED) is 0.561. The molecule has 0 spiro atoms. The van der Waals surface area contributed by atoms with E-state index in [-0.39, 0.29) is 18.4 Å². The van der Waals surface area contributed by atoms with Gasteiger partial charge in [0.2, 0.25) is 5.91 Å². The van der Waals surface area contributed by atoms with Crippen LogP contribution in [0.25, 0.3) is 11.0 Å². The normalized spacial score (nSPS) is 11.9. The maximum Gasteiger partial charge on any atom is 0.340 e. The summed E-state index contributed by atoms with van der Waals surface area (Å²) < 4.78 is 10.8. The topological polar surface area (TPSA) is 109 Å². The fourth-order valence-electron chi connectivity index (χ4n) is 3.46. The number of carboxylic acid groups (broad SMARTS) is 1. The van der Waals surface area contributed by atoms with Crippen molar-refractivity contribution >= 4 is 34.4 Å². The number of hydrogen-bond donors (Lipinski definition) is 1. The second kappa shape index (κ2) is 9.22. The van der Waals surface area contributed by atoms with Crippen LogP contribution in [0.3, 0.4) is 0 Å². The van der Waals surface area contributed by atoms with Crippen LogP contribution in [0.4, 0.5) is 0 Å². The van der Waals surface area contributed by atoms with E-state index in [1.807, 2.05) is 6.92 Å². The number of methoxy groups -OCH3 is 1. The Bertz CT molecular complexity index is 1200. The first-order chi connectivity index (χ1) is 14.7. The highest BCUT2D eigenvalue weighted by atomic mass is 35.5. The van der Waals surface area contributed by atoms with E-state index in [0.717, 1.165) is 5.56 Å². The number of aryl methyl sites for hydroxylation is 2. The van der Waals surface area contributed by atoms with Crippen LogP contribution < -0.4 is 20.8 Å². The van der Waals surface area contributed by atoms with Gasteiger partial charge in [0.15, 0.2) is 0 Å². The Balaban J connectivity index is 1.86. The van der Waals surface area contributed by atoms with E-state index in [1.54, 1.807) is 43.3 Å². The molecule has 162 valence electrons. The molecule has 0 saturated carbocycles. The number of amides is 1. The van der Waals surface area contributed by atoms with Crippen molar-refractivity contribution in [1.82, 2.24) is 5.32 Å². The van der Waals surface area contributed by atoms with E-state index < -0.39 is 23.5 Å². The number of halogens is 1. The molecule has 1 atom stereocenters. The molecule has 8 heteroatoms. The molecule has 31 heavy (non-hydrogen) atoms. The predicted molar refractivity (Wildman–Crippen MR) is 114 cm³/mol. The average Bonchev–Trinajstić information content (AvgIpc) is 2.71. The van der Waals surface area contributed by atoms with Crippen molar-refractivity contribution in [2.24, 2.45) is 0 Å². The molecule has 0 unspecified atom stereocenters. The van der Waals surface area contributed by atoms with Gasteiger partial charge < -0.3 is 24.4 Å². The van der Waals surface area contributed by atoms with Crippen molar-refractivity contribution in [2.75, 3.05) is 7.11 Å². The lowest BCUT2D eigenvalue weighted by atomic mass is 10.0. The molecule has 0 aliphatic rings. The highest BCUT2D eigenvalue weighted by Gasteiger charge is 2.20. The lowest BCUT2D eigenvalue weighted by Gasteiger charge is -2.20. The number of carbonyl (C=O) groups excluding carboxylic acids is 2. The maximum absolute atomic E-state index is 12.6. The summed E-state index contributed by atoms with van der Waals surface area (Å²) in [6.45, 7) is 3.54. The van der Waals surface area contributed by atoms with E-state index in [1.165, 1.54) is 7.11 Å². The molecule has 0 bridgehead atoms. The number of ether oxygens (including phenoxy) is 1. The van der Waals surface area contributed by atoms with Gasteiger partial charge in [-0.1, -0.05) is 23.7 Å². The Morgan fingerprint density at radius 2 is 1.87 bits per heavy atom. The van der Waals surface area contributed by atoms with Crippen molar-refractivity contribution in [3.8, 4) is 5.75 Å². The van der Waals surface area contributed by atoms with Crippen LogP contribution in [0.1, 0.15) is 22.3 Å². The minimum absolute atomic E-state index is 0.0175. The first-order valence-electron chi connectivity index (χ1n) is 9.55. The van der Waals surface area contributed by atoms with E-state index in [0.29, 0.717) is 32.9 Å². The Hall–Kier alpha value is -3.32. The van der Waals surface area contributed by atoms with Gasteiger partial charge in [-0.15, -0.1) is 0 Å². The molecule has 2 aromatic carbocycles. The van der Waals surface area contributed by atoms with Crippen molar-refractivity contribution in [3.63, 3.8) is 0 Å². The lowest BCUT2D eigenvalue weighted by molar-refractivity contribution is -0.308. The SMILES string of the molecule is COc1cc(C)cc2oc(=O)c(CC(=O)N[C@@H](Cc3ccc(Cl)cc3)C(=O)[O-])c(C)c12. The summed E-state index contributed by atoms with van der Waals surface area (Å²) in [5.74, 6) is -1.54. The zero-order chi connectivity index (χ0) is 22.7. The summed E-state index contributed by atoms with van der Waals surface area (Å²) >= 11 is 5.84. The third-order valence-corrected chi connectivity index (χ3v) is 5.27. The largest absolute Gasteiger partial charge is 0.548 e. The molecule has 1 amide bonds. The Morgan fingerprint density at radius 3 is 2.48 bits per heavy atom. The second-order valence-electron chi connectivity index (χ2n) is 7.28. The van der Waals surface area contributed by atoms with Crippen LogP contribution >= 0.6 is 11.6 Å². The van der Waals surface area contributed by atoms with E-state index in [2.05, 4.69) is 5.32 Å². The van der Waals surface area contributed by atoms with Crippen molar-refractivity contribution in [2.45, 2.75) is 32.7 Å². The Labute approximate surface area is 183 Å². The summed E-state index contributed by atoms with van der Waals surface area (Å²) in [4.78, 5) is 36.6. The number of carbonyl (C=O) groups is 2. The predicted octanol–water partition coefficient (Wildman–Crippen LogP) is 2.09. The fourth-order valence-corrected chi connectivity index (χ4v) is 3.58. The highest BCUT2D eigenvalue weighted by molar-refractivity contribution is 6.30. The van der Waals surface area contributed by atoms with Crippen molar-refractivity contribution in [3.05, 3.63) is 74.1 Å². The molecule has 1 heterocycles. The first kappa shape index (κ1) is 22.4. The van der Waals surface area contributed by atoms with Gasteiger partial charge in [0.25, 0.3) is 0 Å². The summed E-state index contributed by atoms with van der Waals surface area (Å²) in [7, 11) is 1.51. The average molecular weight is 443 g/mol. The van der Waals surface area contributed by atoms with Gasteiger partial charge in [0.1, 0.15) is 11.3 Å². The minimum Gasteiger partial charge on any atom is -0.548 e. The molecule has 0 fully saturated rings.